The Kier molecular flexibility index (Phi) is 9.23. The van der Waals surface area contributed by atoms with Crippen molar-refractivity contribution >= 4 is 34.0 Å². The molecular weight excluding hydrogens is 612 g/mol. The SMILES string of the molecule is O=C(NCC1CCCCN1c1nc(C(=O)N2CCN(c3cccc(C(F)(F)F)c3)CC2)cs1)c1ccccc1OC(F)(F)F. The Morgan fingerprint density at radius 1 is 0.955 bits per heavy atom. The highest BCUT2D eigenvalue weighted by Crippen LogP contribution is 2.33. The molecule has 0 saturated carbocycles. The van der Waals surface area contributed by atoms with Crippen molar-refractivity contribution in [1.82, 2.24) is 15.2 Å². The van der Waals surface area contributed by atoms with E-state index in [0.717, 1.165) is 31.0 Å². The van der Waals surface area contributed by atoms with Gasteiger partial charge in [-0.15, -0.1) is 24.5 Å². The normalized spacial score (nSPS) is 17.9. The van der Waals surface area contributed by atoms with Crippen molar-refractivity contribution in [1.29, 1.82) is 0 Å². The van der Waals surface area contributed by atoms with Gasteiger partial charge in [0.05, 0.1) is 11.1 Å². The lowest BCUT2D eigenvalue weighted by Crippen LogP contribution is -2.49. The van der Waals surface area contributed by atoms with Crippen molar-refractivity contribution in [3.05, 3.63) is 70.7 Å². The molecule has 2 aliphatic heterocycles. The van der Waals surface area contributed by atoms with Crippen molar-refractivity contribution in [2.45, 2.75) is 37.8 Å². The third-order valence-corrected chi connectivity index (χ3v) is 8.42. The van der Waals surface area contributed by atoms with Crippen molar-refractivity contribution in [2.24, 2.45) is 0 Å². The Morgan fingerprint density at radius 3 is 2.43 bits per heavy atom. The molecule has 1 N–H and O–H groups in total. The fourth-order valence-electron chi connectivity index (χ4n) is 5.34. The molecule has 8 nitrogen and oxygen atoms in total. The summed E-state index contributed by atoms with van der Waals surface area (Å²) in [6.45, 7) is 2.16. The molecule has 3 heterocycles. The number of nitrogens with zero attached hydrogens (tertiary/aromatic N) is 4. The van der Waals surface area contributed by atoms with E-state index in [-0.39, 0.29) is 29.8 Å². The number of halogens is 6. The highest BCUT2D eigenvalue weighted by Gasteiger charge is 2.34. The maximum Gasteiger partial charge on any atom is 0.573 e. The Bertz CT molecular complexity index is 1470. The van der Waals surface area contributed by atoms with Gasteiger partial charge in [-0.2, -0.15) is 13.2 Å². The molecular formula is C29H29F6N5O3S. The number of anilines is 2. The molecule has 0 spiro atoms. The molecule has 2 fully saturated rings. The summed E-state index contributed by atoms with van der Waals surface area (Å²) in [6, 6.07) is 10.1. The number of carbonyl (C=O) groups excluding carboxylic acids is 2. The Morgan fingerprint density at radius 2 is 1.70 bits per heavy atom. The molecule has 2 aromatic carbocycles. The van der Waals surface area contributed by atoms with E-state index in [0.29, 0.717) is 50.0 Å². The molecule has 2 saturated heterocycles. The fraction of sp³-hybridized carbons (Fsp3) is 0.414. The number of carbonyl (C=O) groups is 2. The summed E-state index contributed by atoms with van der Waals surface area (Å²) in [5.41, 5.74) is -0.256. The lowest BCUT2D eigenvalue weighted by molar-refractivity contribution is -0.274. The highest BCUT2D eigenvalue weighted by molar-refractivity contribution is 7.14. The number of amides is 2. The first kappa shape index (κ1) is 31.4. The van der Waals surface area contributed by atoms with E-state index in [1.807, 2.05) is 9.80 Å². The number of thiazole rings is 1. The minimum Gasteiger partial charge on any atom is -0.405 e. The van der Waals surface area contributed by atoms with Crippen molar-refractivity contribution in [3.8, 4) is 5.75 Å². The van der Waals surface area contributed by atoms with E-state index < -0.39 is 29.8 Å². The molecule has 236 valence electrons. The average Bonchev–Trinajstić information content (AvgIpc) is 3.49. The molecule has 3 aromatic rings. The van der Waals surface area contributed by atoms with Crippen LogP contribution in [0.4, 0.5) is 37.2 Å². The smallest absolute Gasteiger partial charge is 0.405 e. The monoisotopic (exact) mass is 641 g/mol. The summed E-state index contributed by atoms with van der Waals surface area (Å²) < 4.78 is 81.7. The zero-order valence-corrected chi connectivity index (χ0v) is 24.1. The summed E-state index contributed by atoms with van der Waals surface area (Å²) in [5.74, 6) is -1.56. The van der Waals surface area contributed by atoms with Gasteiger partial charge in [-0.05, 0) is 49.6 Å². The minimum absolute atomic E-state index is 0.152. The van der Waals surface area contributed by atoms with Crippen LogP contribution in [0.3, 0.4) is 0 Å². The molecule has 1 atom stereocenters. The van der Waals surface area contributed by atoms with Crippen molar-refractivity contribution in [2.75, 3.05) is 49.1 Å². The molecule has 2 aliphatic rings. The Balaban J connectivity index is 1.19. The predicted molar refractivity (Wildman–Crippen MR) is 152 cm³/mol. The average molecular weight is 642 g/mol. The molecule has 0 aliphatic carbocycles. The van der Waals surface area contributed by atoms with Crippen molar-refractivity contribution in [3.63, 3.8) is 0 Å². The van der Waals surface area contributed by atoms with Gasteiger partial charge in [0.25, 0.3) is 11.8 Å². The number of hydrogen-bond acceptors (Lipinski definition) is 7. The van der Waals surface area contributed by atoms with E-state index in [2.05, 4.69) is 15.0 Å². The minimum atomic E-state index is -4.94. The Labute approximate surface area is 253 Å². The van der Waals surface area contributed by atoms with Gasteiger partial charge in [0, 0.05) is 56.4 Å². The number of hydrogen-bond donors (Lipinski definition) is 1. The summed E-state index contributed by atoms with van der Waals surface area (Å²) in [7, 11) is 0. The summed E-state index contributed by atoms with van der Waals surface area (Å²) >= 11 is 1.29. The number of alkyl halides is 6. The third kappa shape index (κ3) is 7.55. The van der Waals surface area contributed by atoms with Crippen LogP contribution in [-0.2, 0) is 6.18 Å². The maximum absolute atomic E-state index is 13.2. The van der Waals surface area contributed by atoms with Crippen LogP contribution in [0, 0.1) is 0 Å². The summed E-state index contributed by atoms with van der Waals surface area (Å²) in [4.78, 5) is 36.0. The van der Waals surface area contributed by atoms with Crippen LogP contribution < -0.4 is 19.9 Å². The molecule has 0 bridgehead atoms. The van der Waals surface area contributed by atoms with Gasteiger partial charge in [0.1, 0.15) is 11.4 Å². The standard InChI is InChI=1S/C29H29F6N5O3S/c30-28(31,32)19-6-5-8-20(16-19)38-12-14-39(15-13-38)26(42)23-18-44-27(37-23)40-11-4-3-7-21(40)17-36-25(41)22-9-1-2-10-24(22)43-29(33,34)35/h1-2,5-6,8-10,16,18,21H,3-4,7,11-15,17H2,(H,36,41). The van der Waals surface area contributed by atoms with Gasteiger partial charge >= 0.3 is 12.5 Å². The Hall–Kier alpha value is -4.01. The lowest BCUT2D eigenvalue weighted by atomic mass is 10.0. The summed E-state index contributed by atoms with van der Waals surface area (Å²) in [5, 5.41) is 4.96. The maximum atomic E-state index is 13.2. The number of ether oxygens (including phenoxy) is 1. The van der Waals surface area contributed by atoms with Gasteiger partial charge in [-0.3, -0.25) is 9.59 Å². The van der Waals surface area contributed by atoms with E-state index >= 15 is 0 Å². The number of aromatic nitrogens is 1. The zero-order chi connectivity index (χ0) is 31.5. The van der Waals surface area contributed by atoms with Gasteiger partial charge in [0.2, 0.25) is 0 Å². The van der Waals surface area contributed by atoms with Gasteiger partial charge in [-0.25, -0.2) is 4.98 Å². The number of benzene rings is 2. The first-order valence-electron chi connectivity index (χ1n) is 14.0. The van der Waals surface area contributed by atoms with Crippen LogP contribution in [0.2, 0.25) is 0 Å². The first-order chi connectivity index (χ1) is 20.9. The quantitative estimate of drug-likeness (QED) is 0.328. The molecule has 1 unspecified atom stereocenters. The number of nitrogens with one attached hydrogen (secondary N) is 1. The van der Waals surface area contributed by atoms with Crippen LogP contribution in [0.15, 0.2) is 53.9 Å². The van der Waals surface area contributed by atoms with E-state index in [1.165, 1.54) is 35.6 Å². The second-order valence-electron chi connectivity index (χ2n) is 10.4. The number of rotatable bonds is 7. The largest absolute Gasteiger partial charge is 0.573 e. The first-order valence-corrected chi connectivity index (χ1v) is 14.8. The second-order valence-corrected chi connectivity index (χ2v) is 11.3. The topological polar surface area (TPSA) is 78.0 Å². The number of piperazine rings is 1. The van der Waals surface area contributed by atoms with Crippen LogP contribution in [0.5, 0.6) is 5.75 Å². The molecule has 0 radical (unpaired) electrons. The van der Waals surface area contributed by atoms with E-state index in [1.54, 1.807) is 16.3 Å². The van der Waals surface area contributed by atoms with Gasteiger partial charge in [-0.1, -0.05) is 18.2 Å². The fourth-order valence-corrected chi connectivity index (χ4v) is 6.24. The number of para-hydroxylation sites is 1. The zero-order valence-electron chi connectivity index (χ0n) is 23.3. The molecule has 44 heavy (non-hydrogen) atoms. The van der Waals surface area contributed by atoms with Gasteiger partial charge < -0.3 is 24.8 Å². The van der Waals surface area contributed by atoms with Crippen LogP contribution in [0.1, 0.15) is 45.7 Å². The lowest BCUT2D eigenvalue weighted by Gasteiger charge is -2.36. The van der Waals surface area contributed by atoms with Crippen LogP contribution in [0.25, 0.3) is 0 Å². The van der Waals surface area contributed by atoms with Crippen LogP contribution >= 0.6 is 11.3 Å². The predicted octanol–water partition coefficient (Wildman–Crippen LogP) is 5.81. The molecule has 1 aromatic heterocycles. The number of piperidine rings is 1. The molecule has 5 rings (SSSR count). The van der Waals surface area contributed by atoms with E-state index in [9.17, 15) is 35.9 Å². The van der Waals surface area contributed by atoms with Gasteiger partial charge in [0.15, 0.2) is 5.13 Å². The third-order valence-electron chi connectivity index (χ3n) is 7.55. The van der Waals surface area contributed by atoms with Crippen molar-refractivity contribution < 1.29 is 40.7 Å². The highest BCUT2D eigenvalue weighted by atomic mass is 32.1. The van der Waals surface area contributed by atoms with Crippen LogP contribution in [-0.4, -0.2) is 73.4 Å². The van der Waals surface area contributed by atoms with E-state index in [4.69, 9.17) is 0 Å². The second kappa shape index (κ2) is 12.9. The summed E-state index contributed by atoms with van der Waals surface area (Å²) in [6.07, 6.45) is -6.91. The molecule has 15 heteroatoms. The molecule has 2 amide bonds.